The van der Waals surface area contributed by atoms with Crippen molar-refractivity contribution in [3.05, 3.63) is 102 Å². The first-order valence-electron chi connectivity index (χ1n) is 11.1. The van der Waals surface area contributed by atoms with Crippen molar-refractivity contribution in [1.82, 2.24) is 5.32 Å². The first kappa shape index (κ1) is 22.0. The lowest BCUT2D eigenvalue weighted by Crippen LogP contribution is -2.29. The van der Waals surface area contributed by atoms with E-state index in [9.17, 15) is 13.2 Å². The SMILES string of the molecule is O=C(COc1ccc(S(=O)(=O)N2CCc3ccccc32)cc1)NCc1cccc2ccccc12. The van der Waals surface area contributed by atoms with Gasteiger partial charge in [0, 0.05) is 13.1 Å². The van der Waals surface area contributed by atoms with Gasteiger partial charge < -0.3 is 10.1 Å². The van der Waals surface area contributed by atoms with Gasteiger partial charge in [0.05, 0.1) is 10.6 Å². The molecule has 34 heavy (non-hydrogen) atoms. The Hall–Kier alpha value is -3.84. The molecule has 1 N–H and O–H groups in total. The van der Waals surface area contributed by atoms with Crippen LogP contribution in [0, 0.1) is 0 Å². The zero-order chi connectivity index (χ0) is 23.5. The molecule has 0 aromatic heterocycles. The van der Waals surface area contributed by atoms with Crippen molar-refractivity contribution in [2.75, 3.05) is 17.5 Å². The van der Waals surface area contributed by atoms with Crippen LogP contribution in [0.4, 0.5) is 5.69 Å². The average Bonchev–Trinajstić information content (AvgIpc) is 3.31. The summed E-state index contributed by atoms with van der Waals surface area (Å²) in [4.78, 5) is 12.5. The number of hydrogen-bond acceptors (Lipinski definition) is 4. The molecular formula is C27H24N2O4S. The number of benzene rings is 4. The quantitative estimate of drug-likeness (QED) is 0.436. The Labute approximate surface area is 198 Å². The number of ether oxygens (including phenoxy) is 1. The summed E-state index contributed by atoms with van der Waals surface area (Å²) >= 11 is 0. The zero-order valence-corrected chi connectivity index (χ0v) is 19.3. The van der Waals surface area contributed by atoms with Gasteiger partial charge in [0.2, 0.25) is 0 Å². The van der Waals surface area contributed by atoms with Crippen molar-refractivity contribution in [1.29, 1.82) is 0 Å². The van der Waals surface area contributed by atoms with Crippen LogP contribution in [0.25, 0.3) is 10.8 Å². The molecule has 6 nitrogen and oxygen atoms in total. The van der Waals surface area contributed by atoms with Gasteiger partial charge in [-0.15, -0.1) is 0 Å². The summed E-state index contributed by atoms with van der Waals surface area (Å²) in [7, 11) is -3.66. The van der Waals surface area contributed by atoms with E-state index in [1.165, 1.54) is 16.4 Å². The number of carbonyl (C=O) groups is 1. The first-order chi connectivity index (χ1) is 16.5. The minimum atomic E-state index is -3.66. The van der Waals surface area contributed by atoms with E-state index < -0.39 is 10.0 Å². The summed E-state index contributed by atoms with van der Waals surface area (Å²) < 4.78 is 33.2. The van der Waals surface area contributed by atoms with Gasteiger partial charge in [-0.2, -0.15) is 0 Å². The number of carbonyl (C=O) groups excluding carboxylic acids is 1. The molecule has 0 saturated carbocycles. The zero-order valence-electron chi connectivity index (χ0n) is 18.5. The molecule has 0 fully saturated rings. The highest BCUT2D eigenvalue weighted by molar-refractivity contribution is 7.92. The molecule has 1 amide bonds. The van der Waals surface area contributed by atoms with Gasteiger partial charge in [0.25, 0.3) is 15.9 Å². The number of fused-ring (bicyclic) bond motifs is 2. The predicted octanol–water partition coefficient (Wildman–Crippen LogP) is 4.29. The molecule has 0 radical (unpaired) electrons. The Morgan fingerprint density at radius 2 is 1.62 bits per heavy atom. The van der Waals surface area contributed by atoms with Crippen molar-refractivity contribution in [3.63, 3.8) is 0 Å². The topological polar surface area (TPSA) is 75.7 Å². The number of amides is 1. The molecule has 0 aliphatic carbocycles. The van der Waals surface area contributed by atoms with Crippen LogP contribution in [0.1, 0.15) is 11.1 Å². The van der Waals surface area contributed by atoms with Gasteiger partial charge in [-0.1, -0.05) is 60.7 Å². The fourth-order valence-corrected chi connectivity index (χ4v) is 5.74. The molecule has 0 atom stereocenters. The van der Waals surface area contributed by atoms with Crippen molar-refractivity contribution in [2.45, 2.75) is 17.9 Å². The Bertz CT molecular complexity index is 1440. The standard InChI is InChI=1S/C27H24N2O4S/c30-27(28-18-22-9-5-8-20-6-1-3-10-25(20)22)19-33-23-12-14-24(15-13-23)34(31,32)29-17-16-21-7-2-4-11-26(21)29/h1-15H,16-19H2,(H,28,30). The monoisotopic (exact) mass is 472 g/mol. The summed E-state index contributed by atoms with van der Waals surface area (Å²) in [5.74, 6) is 0.180. The van der Waals surface area contributed by atoms with Crippen LogP contribution in [0.2, 0.25) is 0 Å². The van der Waals surface area contributed by atoms with E-state index in [1.54, 1.807) is 12.1 Å². The van der Waals surface area contributed by atoms with Crippen LogP contribution >= 0.6 is 0 Å². The molecule has 0 saturated heterocycles. The molecule has 0 spiro atoms. The van der Waals surface area contributed by atoms with Gasteiger partial charge in [0.1, 0.15) is 5.75 Å². The molecule has 7 heteroatoms. The second kappa shape index (κ2) is 9.19. The number of hydrogen-bond donors (Lipinski definition) is 1. The highest BCUT2D eigenvalue weighted by atomic mass is 32.2. The van der Waals surface area contributed by atoms with E-state index in [0.717, 1.165) is 27.6 Å². The highest BCUT2D eigenvalue weighted by Gasteiger charge is 2.30. The third-order valence-corrected chi connectivity index (χ3v) is 7.81. The second-order valence-corrected chi connectivity index (χ2v) is 9.99. The van der Waals surface area contributed by atoms with Crippen molar-refractivity contribution in [3.8, 4) is 5.75 Å². The predicted molar refractivity (Wildman–Crippen MR) is 132 cm³/mol. The number of sulfonamides is 1. The molecule has 172 valence electrons. The number of rotatable bonds is 7. The van der Waals surface area contributed by atoms with E-state index in [1.807, 2.05) is 66.7 Å². The van der Waals surface area contributed by atoms with Crippen LogP contribution in [0.15, 0.2) is 95.9 Å². The van der Waals surface area contributed by atoms with Crippen molar-refractivity contribution >= 4 is 32.4 Å². The van der Waals surface area contributed by atoms with E-state index in [-0.39, 0.29) is 17.4 Å². The number of anilines is 1. The van der Waals surface area contributed by atoms with E-state index >= 15 is 0 Å². The fourth-order valence-electron chi connectivity index (χ4n) is 4.23. The summed E-state index contributed by atoms with van der Waals surface area (Å²) in [6, 6.07) is 27.7. The summed E-state index contributed by atoms with van der Waals surface area (Å²) in [6.07, 6.45) is 0.699. The Balaban J connectivity index is 1.19. The molecule has 5 rings (SSSR count). The number of para-hydroxylation sites is 1. The first-order valence-corrected chi connectivity index (χ1v) is 12.5. The lowest BCUT2D eigenvalue weighted by atomic mass is 10.0. The smallest absolute Gasteiger partial charge is 0.264 e. The number of nitrogens with zero attached hydrogens (tertiary/aromatic N) is 1. The van der Waals surface area contributed by atoms with Crippen LogP contribution in [0.5, 0.6) is 5.75 Å². The molecule has 1 heterocycles. The Kier molecular flexibility index (Phi) is 5.94. The molecule has 0 unspecified atom stereocenters. The largest absolute Gasteiger partial charge is 0.484 e. The number of nitrogens with one attached hydrogen (secondary N) is 1. The van der Waals surface area contributed by atoms with Crippen LogP contribution in [-0.2, 0) is 27.8 Å². The molecule has 0 bridgehead atoms. The van der Waals surface area contributed by atoms with E-state index in [0.29, 0.717) is 25.3 Å². The molecule has 1 aliphatic rings. The lowest BCUT2D eigenvalue weighted by Gasteiger charge is -2.19. The maximum Gasteiger partial charge on any atom is 0.264 e. The summed E-state index contributed by atoms with van der Waals surface area (Å²) in [5, 5.41) is 5.10. The minimum absolute atomic E-state index is 0.156. The van der Waals surface area contributed by atoms with Crippen molar-refractivity contribution in [2.24, 2.45) is 0 Å². The van der Waals surface area contributed by atoms with Gasteiger partial charge >= 0.3 is 0 Å². The summed E-state index contributed by atoms with van der Waals surface area (Å²) in [6.45, 7) is 0.672. The molecule has 1 aliphatic heterocycles. The van der Waals surface area contributed by atoms with Gasteiger partial charge in [-0.05, 0) is 58.7 Å². The molecular weight excluding hydrogens is 448 g/mol. The maximum atomic E-state index is 13.1. The lowest BCUT2D eigenvalue weighted by molar-refractivity contribution is -0.123. The minimum Gasteiger partial charge on any atom is -0.484 e. The van der Waals surface area contributed by atoms with Crippen LogP contribution in [-0.4, -0.2) is 27.5 Å². The summed E-state index contributed by atoms with van der Waals surface area (Å²) in [5.41, 5.74) is 2.79. The van der Waals surface area contributed by atoms with Gasteiger partial charge in [0.15, 0.2) is 6.61 Å². The van der Waals surface area contributed by atoms with E-state index in [2.05, 4.69) is 5.32 Å². The van der Waals surface area contributed by atoms with E-state index in [4.69, 9.17) is 4.74 Å². The Morgan fingerprint density at radius 1 is 0.882 bits per heavy atom. The maximum absolute atomic E-state index is 13.1. The highest BCUT2D eigenvalue weighted by Crippen LogP contribution is 2.33. The van der Waals surface area contributed by atoms with Crippen molar-refractivity contribution < 1.29 is 17.9 Å². The Morgan fingerprint density at radius 3 is 2.47 bits per heavy atom. The second-order valence-electron chi connectivity index (χ2n) is 8.13. The van der Waals surface area contributed by atoms with Crippen LogP contribution < -0.4 is 14.4 Å². The molecule has 4 aromatic rings. The van der Waals surface area contributed by atoms with Crippen LogP contribution in [0.3, 0.4) is 0 Å². The normalized spacial score (nSPS) is 13.0. The van der Waals surface area contributed by atoms with Gasteiger partial charge in [-0.3, -0.25) is 9.10 Å². The third-order valence-electron chi connectivity index (χ3n) is 5.98. The van der Waals surface area contributed by atoms with Gasteiger partial charge in [-0.25, -0.2) is 8.42 Å². The molecule has 4 aromatic carbocycles. The third kappa shape index (κ3) is 4.34. The average molecular weight is 473 g/mol. The fraction of sp³-hybridized carbons (Fsp3) is 0.148.